The molecule has 0 bridgehead atoms. The van der Waals surface area contributed by atoms with E-state index in [2.05, 4.69) is 212 Å². The maximum Gasteiger partial charge on any atom is 0.0546 e. The highest BCUT2D eigenvalue weighted by Crippen LogP contribution is 2.48. The number of fused-ring (bicyclic) bond motifs is 5. The number of hydrogen-bond donors (Lipinski definition) is 0. The number of nitrogens with zero attached hydrogens (tertiary/aromatic N) is 2. The van der Waals surface area contributed by atoms with Crippen molar-refractivity contribution in [1.82, 2.24) is 0 Å². The molecule has 8 aromatic rings. The van der Waals surface area contributed by atoms with Gasteiger partial charge in [-0.05, 0) is 180 Å². The molecule has 0 atom stereocenters. The summed E-state index contributed by atoms with van der Waals surface area (Å²) >= 11 is 0. The predicted octanol–water partition coefficient (Wildman–Crippen LogP) is 16.2. The summed E-state index contributed by atoms with van der Waals surface area (Å²) in [5, 5.41) is 7.43. The summed E-state index contributed by atoms with van der Waals surface area (Å²) in [7, 11) is 0. The van der Waals surface area contributed by atoms with Crippen LogP contribution in [0.4, 0.5) is 34.1 Å². The highest BCUT2D eigenvalue weighted by Gasteiger charge is 2.23. The third-order valence-electron chi connectivity index (χ3n) is 11.3. The van der Waals surface area contributed by atoms with Crippen molar-refractivity contribution in [2.45, 2.75) is 81.1 Å². The molecule has 56 heavy (non-hydrogen) atoms. The van der Waals surface area contributed by atoms with E-state index in [1.807, 2.05) is 0 Å². The molecule has 8 rings (SSSR count). The molecule has 0 saturated heterocycles. The van der Waals surface area contributed by atoms with E-state index in [-0.39, 0.29) is 0 Å². The second-order valence-corrected chi connectivity index (χ2v) is 16.9. The Hall–Kier alpha value is -5.86. The van der Waals surface area contributed by atoms with Crippen LogP contribution in [-0.2, 0) is 0 Å². The van der Waals surface area contributed by atoms with Crippen LogP contribution < -0.4 is 9.80 Å². The van der Waals surface area contributed by atoms with Gasteiger partial charge in [0.25, 0.3) is 0 Å². The fourth-order valence-corrected chi connectivity index (χ4v) is 8.81. The molecule has 0 radical (unpaired) electrons. The first-order valence-electron chi connectivity index (χ1n) is 20.2. The molecule has 8 aromatic carbocycles. The van der Waals surface area contributed by atoms with Crippen LogP contribution in [0.25, 0.3) is 32.3 Å². The zero-order chi connectivity index (χ0) is 39.4. The van der Waals surface area contributed by atoms with Gasteiger partial charge in [-0.3, -0.25) is 0 Å². The summed E-state index contributed by atoms with van der Waals surface area (Å²) in [6.07, 6.45) is 0. The lowest BCUT2D eigenvalue weighted by Crippen LogP contribution is -2.13. The van der Waals surface area contributed by atoms with Crippen molar-refractivity contribution in [3.63, 3.8) is 0 Å². The second-order valence-electron chi connectivity index (χ2n) is 16.9. The van der Waals surface area contributed by atoms with Crippen LogP contribution in [0.2, 0.25) is 0 Å². The Morgan fingerprint density at radius 1 is 0.304 bits per heavy atom. The van der Waals surface area contributed by atoms with Gasteiger partial charge in [0.2, 0.25) is 0 Å². The van der Waals surface area contributed by atoms with E-state index in [1.165, 1.54) is 111 Å². The van der Waals surface area contributed by atoms with Gasteiger partial charge in [0.05, 0.1) is 11.4 Å². The summed E-state index contributed by atoms with van der Waals surface area (Å²) in [6.45, 7) is 22.4. The number of benzene rings is 8. The Labute approximate surface area is 334 Å². The summed E-state index contributed by atoms with van der Waals surface area (Å²) in [5.74, 6) is 0.825. The van der Waals surface area contributed by atoms with Crippen molar-refractivity contribution < 1.29 is 0 Å². The van der Waals surface area contributed by atoms with E-state index in [0.717, 1.165) is 0 Å². The number of hydrogen-bond acceptors (Lipinski definition) is 2. The molecule has 280 valence electrons. The third kappa shape index (κ3) is 6.94. The van der Waals surface area contributed by atoms with Crippen LogP contribution in [0.15, 0.2) is 133 Å². The molecular formula is C54H54N2. The zero-order valence-corrected chi connectivity index (χ0v) is 34.8. The van der Waals surface area contributed by atoms with Gasteiger partial charge >= 0.3 is 0 Å². The molecule has 2 nitrogen and oxygen atoms in total. The first-order chi connectivity index (χ1) is 26.8. The minimum Gasteiger partial charge on any atom is -0.310 e. The quantitative estimate of drug-likeness (QED) is 0.144. The van der Waals surface area contributed by atoms with E-state index in [9.17, 15) is 0 Å². The van der Waals surface area contributed by atoms with Gasteiger partial charge < -0.3 is 9.80 Å². The fourth-order valence-electron chi connectivity index (χ4n) is 8.81. The van der Waals surface area contributed by atoms with Crippen molar-refractivity contribution in [2.24, 2.45) is 0 Å². The Bertz CT molecular complexity index is 2550. The van der Waals surface area contributed by atoms with Gasteiger partial charge in [0.1, 0.15) is 0 Å². The lowest BCUT2D eigenvalue weighted by Gasteiger charge is -2.31. The molecule has 0 fully saturated rings. The van der Waals surface area contributed by atoms with E-state index < -0.39 is 0 Å². The maximum atomic E-state index is 2.51. The first kappa shape index (κ1) is 37.1. The number of rotatable bonds is 8. The van der Waals surface area contributed by atoms with E-state index in [4.69, 9.17) is 0 Å². The SMILES string of the molecule is Cc1cc(C)cc(N(c2cc(C)cc(C(C)C)c2)c2cc3c4ccccc4c(N(c4cc(C)cc(C)c4)c4cc(C)cc(C(C)C)c4)cc3c3ccccc23)c1. The van der Waals surface area contributed by atoms with E-state index in [1.54, 1.807) is 0 Å². The number of aryl methyl sites for hydroxylation is 6. The van der Waals surface area contributed by atoms with E-state index >= 15 is 0 Å². The summed E-state index contributed by atoms with van der Waals surface area (Å²) in [6, 6.07) is 51.0. The van der Waals surface area contributed by atoms with Crippen molar-refractivity contribution in [1.29, 1.82) is 0 Å². The highest BCUT2D eigenvalue weighted by molar-refractivity contribution is 6.24. The van der Waals surface area contributed by atoms with Gasteiger partial charge in [0, 0.05) is 33.5 Å². The normalized spacial score (nSPS) is 11.7. The minimum absolute atomic E-state index is 0.413. The average molecular weight is 731 g/mol. The largest absolute Gasteiger partial charge is 0.310 e. The van der Waals surface area contributed by atoms with Crippen LogP contribution >= 0.6 is 0 Å². The van der Waals surface area contributed by atoms with Gasteiger partial charge in [0.15, 0.2) is 0 Å². The van der Waals surface area contributed by atoms with E-state index in [0.29, 0.717) is 11.8 Å². The van der Waals surface area contributed by atoms with Gasteiger partial charge in [-0.25, -0.2) is 0 Å². The average Bonchev–Trinajstić information content (AvgIpc) is 3.14. The fraction of sp³-hybridized carbons (Fsp3) is 0.222. The molecule has 0 heterocycles. The monoisotopic (exact) mass is 730 g/mol. The molecule has 0 aliphatic rings. The lowest BCUT2D eigenvalue weighted by atomic mass is 9.92. The minimum atomic E-state index is 0.413. The number of anilines is 6. The molecule has 0 amide bonds. The lowest BCUT2D eigenvalue weighted by molar-refractivity contribution is 0.864. The van der Waals surface area contributed by atoms with Crippen molar-refractivity contribution in [3.05, 3.63) is 178 Å². The van der Waals surface area contributed by atoms with Crippen LogP contribution in [0.5, 0.6) is 0 Å². The predicted molar refractivity (Wildman–Crippen MR) is 245 cm³/mol. The molecule has 0 N–H and O–H groups in total. The summed E-state index contributed by atoms with van der Waals surface area (Å²) < 4.78 is 0. The van der Waals surface area contributed by atoms with Crippen molar-refractivity contribution in [2.75, 3.05) is 9.80 Å². The topological polar surface area (TPSA) is 6.48 Å². The highest BCUT2D eigenvalue weighted by atomic mass is 15.2. The van der Waals surface area contributed by atoms with Crippen LogP contribution in [0, 0.1) is 41.5 Å². The molecule has 0 aliphatic carbocycles. The molecule has 2 heteroatoms. The van der Waals surface area contributed by atoms with Crippen molar-refractivity contribution in [3.8, 4) is 0 Å². The van der Waals surface area contributed by atoms with Crippen LogP contribution in [0.3, 0.4) is 0 Å². The smallest absolute Gasteiger partial charge is 0.0546 e. The third-order valence-corrected chi connectivity index (χ3v) is 11.3. The Balaban J connectivity index is 1.49. The molecule has 0 aromatic heterocycles. The summed E-state index contributed by atoms with van der Waals surface area (Å²) in [5.41, 5.74) is 17.3. The van der Waals surface area contributed by atoms with Crippen LogP contribution in [0.1, 0.15) is 84.0 Å². The molecule has 0 unspecified atom stereocenters. The molecule has 0 spiro atoms. The maximum absolute atomic E-state index is 2.51. The standard InChI is InChI=1S/C54H54N2/c1-33(2)41-21-39(9)27-45(29-41)55(43-23-35(5)19-36(6)24-43)53-31-51-48-16-12-14-18-50(48)54(32-52(51)47-15-11-13-17-49(47)53)56(44-25-37(7)20-38(8)26-44)46-28-40(10)22-42(30-46)34(3)4/h11-34H,1-10H3. The van der Waals surface area contributed by atoms with Gasteiger partial charge in [-0.1, -0.05) is 100 Å². The first-order valence-corrected chi connectivity index (χ1v) is 20.2. The Morgan fingerprint density at radius 3 is 0.911 bits per heavy atom. The molecular weight excluding hydrogens is 677 g/mol. The second kappa shape index (κ2) is 14.7. The van der Waals surface area contributed by atoms with Gasteiger partial charge in [-0.2, -0.15) is 0 Å². The summed E-state index contributed by atoms with van der Waals surface area (Å²) in [4.78, 5) is 5.01. The molecule has 0 aliphatic heterocycles. The Kier molecular flexibility index (Phi) is 9.71. The van der Waals surface area contributed by atoms with Crippen molar-refractivity contribution >= 4 is 66.4 Å². The van der Waals surface area contributed by atoms with Gasteiger partial charge in [-0.15, -0.1) is 0 Å². The Morgan fingerprint density at radius 2 is 0.589 bits per heavy atom. The van der Waals surface area contributed by atoms with Crippen LogP contribution in [-0.4, -0.2) is 0 Å². The molecule has 0 saturated carbocycles. The zero-order valence-electron chi connectivity index (χ0n) is 34.8.